The molecule has 1 aliphatic rings. The molecule has 1 N–H and O–H groups in total. The highest BCUT2D eigenvalue weighted by molar-refractivity contribution is 7.07. The summed E-state index contributed by atoms with van der Waals surface area (Å²) in [6, 6.07) is 9.21. The summed E-state index contributed by atoms with van der Waals surface area (Å²) in [5, 5.41) is 7.92. The lowest BCUT2D eigenvalue weighted by Crippen LogP contribution is -2.20. The monoisotopic (exact) mass is 273 g/mol. The van der Waals surface area contributed by atoms with Crippen molar-refractivity contribution < 1.29 is 4.74 Å². The minimum atomic E-state index is 0.434. The highest BCUT2D eigenvalue weighted by atomic mass is 32.1. The Kier molecular flexibility index (Phi) is 3.85. The third kappa shape index (κ3) is 2.99. The molecule has 0 aliphatic carbocycles. The Labute approximate surface area is 118 Å². The number of nitrogens with one attached hydrogen (secondary N) is 1. The summed E-state index contributed by atoms with van der Waals surface area (Å²) in [5.74, 6) is 1.07. The summed E-state index contributed by atoms with van der Waals surface area (Å²) >= 11 is 1.76. The predicted molar refractivity (Wildman–Crippen MR) is 80.1 cm³/mol. The zero-order chi connectivity index (χ0) is 13.1. The normalized spacial score (nSPS) is 15.0. The van der Waals surface area contributed by atoms with Crippen LogP contribution in [0.15, 0.2) is 35.0 Å². The number of rotatable bonds is 5. The maximum Gasteiger partial charge on any atom is 0.122 e. The van der Waals surface area contributed by atoms with Gasteiger partial charge in [-0.3, -0.25) is 0 Å². The maximum absolute atomic E-state index is 5.53. The molecule has 1 aliphatic heterocycles. The summed E-state index contributed by atoms with van der Waals surface area (Å²) in [6.45, 7) is 4.07. The lowest BCUT2D eigenvalue weighted by molar-refractivity contribution is 0.357. The molecule has 0 saturated heterocycles. The van der Waals surface area contributed by atoms with Crippen LogP contribution in [0.5, 0.6) is 5.75 Å². The number of ether oxygens (including phenoxy) is 1. The third-order valence-electron chi connectivity index (χ3n) is 3.66. The first-order valence-corrected chi connectivity index (χ1v) is 7.77. The molecule has 100 valence electrons. The van der Waals surface area contributed by atoms with Crippen LogP contribution in [0.25, 0.3) is 0 Å². The minimum absolute atomic E-state index is 0.434. The summed E-state index contributed by atoms with van der Waals surface area (Å²) < 4.78 is 5.53. The molecule has 2 nitrogen and oxygen atoms in total. The Balaban J connectivity index is 1.52. The van der Waals surface area contributed by atoms with E-state index in [2.05, 4.69) is 47.3 Å². The molecule has 3 heteroatoms. The Morgan fingerprint density at radius 3 is 3.16 bits per heavy atom. The molecule has 0 saturated carbocycles. The molecular formula is C16H19NOS. The summed E-state index contributed by atoms with van der Waals surface area (Å²) in [7, 11) is 0. The van der Waals surface area contributed by atoms with Gasteiger partial charge in [0, 0.05) is 12.5 Å². The first-order chi connectivity index (χ1) is 9.33. The number of benzene rings is 1. The van der Waals surface area contributed by atoms with Gasteiger partial charge < -0.3 is 10.1 Å². The van der Waals surface area contributed by atoms with Crippen LogP contribution in [0.3, 0.4) is 0 Å². The van der Waals surface area contributed by atoms with Crippen LogP contribution in [0.4, 0.5) is 0 Å². The van der Waals surface area contributed by atoms with Crippen LogP contribution in [0.2, 0.25) is 0 Å². The van der Waals surface area contributed by atoms with Crippen molar-refractivity contribution in [2.24, 2.45) is 0 Å². The summed E-state index contributed by atoms with van der Waals surface area (Å²) in [5.41, 5.74) is 4.14. The zero-order valence-corrected chi connectivity index (χ0v) is 12.0. The van der Waals surface area contributed by atoms with Crippen LogP contribution in [-0.2, 0) is 12.8 Å². The molecule has 0 amide bonds. The van der Waals surface area contributed by atoms with Crippen LogP contribution < -0.4 is 10.1 Å². The van der Waals surface area contributed by atoms with Gasteiger partial charge >= 0.3 is 0 Å². The number of fused-ring (bicyclic) bond motifs is 1. The topological polar surface area (TPSA) is 21.3 Å². The highest BCUT2D eigenvalue weighted by Crippen LogP contribution is 2.26. The average Bonchev–Trinajstić information content (AvgIpc) is 3.09. The van der Waals surface area contributed by atoms with E-state index in [1.165, 1.54) is 16.7 Å². The molecule has 2 heterocycles. The van der Waals surface area contributed by atoms with Gasteiger partial charge in [-0.05, 0) is 59.5 Å². The molecule has 1 unspecified atom stereocenters. The van der Waals surface area contributed by atoms with E-state index in [1.54, 1.807) is 11.3 Å². The zero-order valence-electron chi connectivity index (χ0n) is 11.2. The van der Waals surface area contributed by atoms with E-state index in [-0.39, 0.29) is 0 Å². The lowest BCUT2D eigenvalue weighted by Gasteiger charge is -2.12. The number of hydrogen-bond acceptors (Lipinski definition) is 3. The van der Waals surface area contributed by atoms with Crippen molar-refractivity contribution in [1.82, 2.24) is 5.32 Å². The molecule has 1 aromatic heterocycles. The smallest absolute Gasteiger partial charge is 0.122 e. The molecule has 0 bridgehead atoms. The van der Waals surface area contributed by atoms with Gasteiger partial charge in [-0.1, -0.05) is 12.1 Å². The summed E-state index contributed by atoms with van der Waals surface area (Å²) in [6.07, 6.45) is 2.13. The second-order valence-corrected chi connectivity index (χ2v) is 5.80. The van der Waals surface area contributed by atoms with Gasteiger partial charge in [0.2, 0.25) is 0 Å². The fraction of sp³-hybridized carbons (Fsp3) is 0.375. The Morgan fingerprint density at radius 1 is 1.37 bits per heavy atom. The molecule has 0 spiro atoms. The van der Waals surface area contributed by atoms with Crippen LogP contribution in [0.1, 0.15) is 29.7 Å². The number of hydrogen-bond donors (Lipinski definition) is 1. The fourth-order valence-corrected chi connectivity index (χ4v) is 3.22. The highest BCUT2D eigenvalue weighted by Gasteiger charge is 2.12. The number of thiophene rings is 1. The van der Waals surface area contributed by atoms with Gasteiger partial charge in [-0.2, -0.15) is 11.3 Å². The lowest BCUT2D eigenvalue weighted by atomic mass is 10.1. The Bertz CT molecular complexity index is 536. The largest absolute Gasteiger partial charge is 0.493 e. The van der Waals surface area contributed by atoms with E-state index in [1.807, 2.05) is 0 Å². The Morgan fingerprint density at radius 2 is 2.32 bits per heavy atom. The van der Waals surface area contributed by atoms with Gasteiger partial charge in [0.25, 0.3) is 0 Å². The molecule has 1 atom stereocenters. The van der Waals surface area contributed by atoms with Crippen molar-refractivity contribution in [1.29, 1.82) is 0 Å². The van der Waals surface area contributed by atoms with Gasteiger partial charge in [-0.15, -0.1) is 0 Å². The molecule has 19 heavy (non-hydrogen) atoms. The van der Waals surface area contributed by atoms with E-state index in [0.29, 0.717) is 6.04 Å². The summed E-state index contributed by atoms with van der Waals surface area (Å²) in [4.78, 5) is 0. The molecule has 0 radical (unpaired) electrons. The maximum atomic E-state index is 5.53. The van der Waals surface area contributed by atoms with Gasteiger partial charge in [0.05, 0.1) is 6.61 Å². The quantitative estimate of drug-likeness (QED) is 0.899. The van der Waals surface area contributed by atoms with Gasteiger partial charge in [0.1, 0.15) is 5.75 Å². The molecule has 2 aromatic rings. The van der Waals surface area contributed by atoms with Crippen LogP contribution in [-0.4, -0.2) is 13.2 Å². The van der Waals surface area contributed by atoms with Crippen molar-refractivity contribution in [2.45, 2.75) is 25.8 Å². The average molecular weight is 273 g/mol. The van der Waals surface area contributed by atoms with Crippen molar-refractivity contribution in [2.75, 3.05) is 13.2 Å². The van der Waals surface area contributed by atoms with Crippen molar-refractivity contribution in [3.8, 4) is 5.75 Å². The van der Waals surface area contributed by atoms with Gasteiger partial charge in [0.15, 0.2) is 0 Å². The first-order valence-electron chi connectivity index (χ1n) is 6.83. The van der Waals surface area contributed by atoms with Crippen molar-refractivity contribution in [3.63, 3.8) is 0 Å². The second-order valence-electron chi connectivity index (χ2n) is 5.02. The van der Waals surface area contributed by atoms with E-state index < -0.39 is 0 Å². The van der Waals surface area contributed by atoms with E-state index in [0.717, 1.165) is 31.7 Å². The second kappa shape index (κ2) is 5.76. The van der Waals surface area contributed by atoms with Gasteiger partial charge in [-0.25, -0.2) is 0 Å². The van der Waals surface area contributed by atoms with Crippen LogP contribution in [0, 0.1) is 0 Å². The minimum Gasteiger partial charge on any atom is -0.493 e. The SMILES string of the molecule is CC(NCCc1ccc2c(c1)CCO2)c1ccsc1. The van der Waals surface area contributed by atoms with E-state index >= 15 is 0 Å². The van der Waals surface area contributed by atoms with E-state index in [4.69, 9.17) is 4.74 Å². The fourth-order valence-electron chi connectivity index (χ4n) is 2.47. The molecule has 3 rings (SSSR count). The predicted octanol–water partition coefficient (Wildman–Crippen LogP) is 3.58. The van der Waals surface area contributed by atoms with Crippen molar-refractivity contribution in [3.05, 3.63) is 51.7 Å². The first kappa shape index (κ1) is 12.7. The molecule has 0 fully saturated rings. The standard InChI is InChI=1S/C16H19NOS/c1-12(15-6-9-19-11-15)17-7-4-13-2-3-16-14(10-13)5-8-18-16/h2-3,6,9-12,17H,4-5,7-8H2,1H3. The third-order valence-corrected chi connectivity index (χ3v) is 4.36. The Hall–Kier alpha value is -1.32. The van der Waals surface area contributed by atoms with E-state index in [9.17, 15) is 0 Å². The molecule has 1 aromatic carbocycles. The van der Waals surface area contributed by atoms with Crippen LogP contribution >= 0.6 is 11.3 Å². The molecular weight excluding hydrogens is 254 g/mol. The van der Waals surface area contributed by atoms with Crippen molar-refractivity contribution >= 4 is 11.3 Å².